The van der Waals surface area contributed by atoms with Crippen LogP contribution in [-0.2, 0) is 29.2 Å². The van der Waals surface area contributed by atoms with Crippen LogP contribution in [0.3, 0.4) is 0 Å². The highest BCUT2D eigenvalue weighted by Crippen LogP contribution is 2.37. The fraction of sp³-hybridized carbons (Fsp3) is 0.882. The van der Waals surface area contributed by atoms with E-state index in [2.05, 4.69) is 4.74 Å². The van der Waals surface area contributed by atoms with Crippen LogP contribution in [0.25, 0.3) is 0 Å². The van der Waals surface area contributed by atoms with Crippen LogP contribution in [0.5, 0.6) is 0 Å². The Balaban J connectivity index is 1.98. The topological polar surface area (TPSA) is 107 Å². The van der Waals surface area contributed by atoms with Crippen LogP contribution in [0, 0.1) is 11.8 Å². The van der Waals surface area contributed by atoms with Crippen LogP contribution < -0.4 is 0 Å². The Morgan fingerprint density at radius 1 is 1.11 bits per heavy atom. The van der Waals surface area contributed by atoms with Crippen molar-refractivity contribution in [3.63, 3.8) is 0 Å². The number of esters is 2. The van der Waals surface area contributed by atoms with Crippen molar-refractivity contribution in [3.05, 3.63) is 0 Å². The van der Waals surface area contributed by atoms with Crippen molar-refractivity contribution in [1.82, 2.24) is 0 Å². The van der Waals surface area contributed by atoms with E-state index in [0.717, 1.165) is 25.7 Å². The minimum absolute atomic E-state index is 0.00972. The van der Waals surface area contributed by atoms with E-state index in [-0.39, 0.29) is 12.8 Å². The summed E-state index contributed by atoms with van der Waals surface area (Å²) in [6.07, 6.45) is -3.57. The molecule has 0 heterocycles. The highest BCUT2D eigenvalue weighted by molar-refractivity contribution is 7.85. The number of alkyl halides is 3. The maximum absolute atomic E-state index is 12.9. The molecule has 0 aromatic carbocycles. The molecule has 0 bridgehead atoms. The van der Waals surface area contributed by atoms with E-state index in [1.807, 2.05) is 6.92 Å². The maximum Gasteiger partial charge on any atom is 0.426 e. The summed E-state index contributed by atoms with van der Waals surface area (Å²) < 4.78 is 79.0. The quantitative estimate of drug-likeness (QED) is 0.510. The molecule has 2 rings (SSSR count). The molecule has 0 radical (unpaired) electrons. The Bertz CT molecular complexity index is 683. The number of carbonyl (C=O) groups is 2. The highest BCUT2D eigenvalue weighted by Gasteiger charge is 2.47. The zero-order valence-corrected chi connectivity index (χ0v) is 16.4. The molecule has 11 heteroatoms. The number of halogens is 3. The molecule has 0 aliphatic heterocycles. The van der Waals surface area contributed by atoms with Gasteiger partial charge < -0.3 is 9.47 Å². The standard InChI is InChI=1S/C17H25F3O7S/c1-16(7-2-3-8-16)27-15(22)12-6-4-5-11(9-12)14(21)26-13(17(18,19)20)10-28(23,24)25/h11-13H,2-10H2,1H3,(H,23,24,25). The van der Waals surface area contributed by atoms with Crippen LogP contribution >= 0.6 is 0 Å². The Labute approximate surface area is 161 Å². The Morgan fingerprint density at radius 3 is 2.14 bits per heavy atom. The fourth-order valence-electron chi connectivity index (χ4n) is 3.79. The lowest BCUT2D eigenvalue weighted by Crippen LogP contribution is -2.42. The van der Waals surface area contributed by atoms with Gasteiger partial charge in [0.1, 0.15) is 11.4 Å². The van der Waals surface area contributed by atoms with E-state index in [9.17, 15) is 31.2 Å². The second-order valence-electron chi connectivity index (χ2n) is 7.85. The Morgan fingerprint density at radius 2 is 1.64 bits per heavy atom. The second kappa shape index (κ2) is 8.56. The number of ether oxygens (including phenoxy) is 2. The van der Waals surface area contributed by atoms with Gasteiger partial charge in [-0.05, 0) is 51.9 Å². The van der Waals surface area contributed by atoms with Crippen molar-refractivity contribution >= 4 is 22.1 Å². The first-order chi connectivity index (χ1) is 12.8. The van der Waals surface area contributed by atoms with Crippen molar-refractivity contribution in [2.75, 3.05) is 5.75 Å². The van der Waals surface area contributed by atoms with Crippen LogP contribution in [0.15, 0.2) is 0 Å². The van der Waals surface area contributed by atoms with Gasteiger partial charge in [0.2, 0.25) is 6.10 Å². The first kappa shape index (κ1) is 22.9. The molecular weight excluding hydrogens is 405 g/mol. The van der Waals surface area contributed by atoms with Gasteiger partial charge in [-0.25, -0.2) is 0 Å². The van der Waals surface area contributed by atoms with E-state index >= 15 is 0 Å². The average molecular weight is 430 g/mol. The average Bonchev–Trinajstić information content (AvgIpc) is 2.98. The highest BCUT2D eigenvalue weighted by atomic mass is 32.2. The van der Waals surface area contributed by atoms with Crippen LogP contribution in [-0.4, -0.2) is 48.5 Å². The number of hydrogen-bond donors (Lipinski definition) is 1. The van der Waals surface area contributed by atoms with Gasteiger partial charge in [-0.15, -0.1) is 0 Å². The van der Waals surface area contributed by atoms with Crippen molar-refractivity contribution in [2.24, 2.45) is 11.8 Å². The van der Waals surface area contributed by atoms with E-state index in [1.54, 1.807) is 0 Å². The molecule has 2 aliphatic rings. The summed E-state index contributed by atoms with van der Waals surface area (Å²) in [6.45, 7) is 1.84. The summed E-state index contributed by atoms with van der Waals surface area (Å²) in [7, 11) is -5.00. The molecule has 0 spiro atoms. The molecule has 2 fully saturated rings. The van der Waals surface area contributed by atoms with Gasteiger partial charge >= 0.3 is 18.1 Å². The monoisotopic (exact) mass is 430 g/mol. The van der Waals surface area contributed by atoms with Gasteiger partial charge in [-0.1, -0.05) is 6.42 Å². The fourth-order valence-corrected chi connectivity index (χ4v) is 4.43. The zero-order chi connectivity index (χ0) is 21.2. The van der Waals surface area contributed by atoms with E-state index in [0.29, 0.717) is 12.8 Å². The van der Waals surface area contributed by atoms with Crippen LogP contribution in [0.1, 0.15) is 58.3 Å². The molecule has 0 aromatic heterocycles. The smallest absolute Gasteiger partial charge is 0.426 e. The summed E-state index contributed by atoms with van der Waals surface area (Å²) >= 11 is 0. The maximum atomic E-state index is 12.9. The lowest BCUT2D eigenvalue weighted by Gasteiger charge is -2.31. The lowest BCUT2D eigenvalue weighted by molar-refractivity contribution is -0.218. The normalized spacial score (nSPS) is 26.5. The minimum Gasteiger partial charge on any atom is -0.459 e. The third-order valence-corrected chi connectivity index (χ3v) is 6.06. The van der Waals surface area contributed by atoms with E-state index in [1.165, 1.54) is 0 Å². The molecule has 1 N–H and O–H groups in total. The van der Waals surface area contributed by atoms with Gasteiger partial charge in [0.15, 0.2) is 0 Å². The van der Waals surface area contributed by atoms with Crippen molar-refractivity contribution in [2.45, 2.75) is 76.2 Å². The molecule has 0 aromatic rings. The number of carbonyl (C=O) groups excluding carboxylic acids is 2. The van der Waals surface area contributed by atoms with Crippen molar-refractivity contribution in [3.8, 4) is 0 Å². The first-order valence-electron chi connectivity index (χ1n) is 9.24. The number of hydrogen-bond acceptors (Lipinski definition) is 6. The molecule has 0 saturated heterocycles. The molecule has 2 aliphatic carbocycles. The van der Waals surface area contributed by atoms with Gasteiger partial charge in [-0.2, -0.15) is 21.6 Å². The lowest BCUT2D eigenvalue weighted by atomic mass is 9.81. The summed E-state index contributed by atoms with van der Waals surface area (Å²) in [6, 6.07) is 0. The van der Waals surface area contributed by atoms with Crippen molar-refractivity contribution < 1.29 is 45.2 Å². The zero-order valence-electron chi connectivity index (χ0n) is 15.5. The SMILES string of the molecule is CC1(OC(=O)C2CCCC(C(=O)OC(CS(=O)(=O)O)C(F)(F)F)C2)CCCC1. The van der Waals surface area contributed by atoms with E-state index in [4.69, 9.17) is 9.29 Å². The molecule has 3 atom stereocenters. The van der Waals surface area contributed by atoms with Crippen LogP contribution in [0.4, 0.5) is 13.2 Å². The van der Waals surface area contributed by atoms with Crippen molar-refractivity contribution in [1.29, 1.82) is 0 Å². The first-order valence-corrected chi connectivity index (χ1v) is 10.9. The largest absolute Gasteiger partial charge is 0.459 e. The minimum atomic E-state index is -5.14. The summed E-state index contributed by atoms with van der Waals surface area (Å²) in [5.74, 6) is -5.04. The van der Waals surface area contributed by atoms with Gasteiger partial charge in [0.05, 0.1) is 11.8 Å². The molecule has 2 saturated carbocycles. The van der Waals surface area contributed by atoms with Crippen LogP contribution in [0.2, 0.25) is 0 Å². The van der Waals surface area contributed by atoms with Gasteiger partial charge in [0.25, 0.3) is 10.1 Å². The summed E-state index contributed by atoms with van der Waals surface area (Å²) in [4.78, 5) is 24.6. The molecule has 0 amide bonds. The van der Waals surface area contributed by atoms with Gasteiger partial charge in [0, 0.05) is 0 Å². The molecule has 3 unspecified atom stereocenters. The second-order valence-corrected chi connectivity index (χ2v) is 9.35. The Hall–Kier alpha value is -1.36. The number of rotatable bonds is 6. The molecule has 7 nitrogen and oxygen atoms in total. The molecule has 162 valence electrons. The summed E-state index contributed by atoms with van der Waals surface area (Å²) in [5, 5.41) is 0. The van der Waals surface area contributed by atoms with Gasteiger partial charge in [-0.3, -0.25) is 14.1 Å². The third kappa shape index (κ3) is 6.61. The predicted octanol–water partition coefficient (Wildman–Crippen LogP) is 3.03. The molecule has 28 heavy (non-hydrogen) atoms. The Kier molecular flexibility index (Phi) is 7.01. The third-order valence-electron chi connectivity index (χ3n) is 5.33. The predicted molar refractivity (Wildman–Crippen MR) is 90.8 cm³/mol. The van der Waals surface area contributed by atoms with E-state index < -0.39 is 57.5 Å². The molecular formula is C17H25F3O7S. The summed E-state index contributed by atoms with van der Waals surface area (Å²) in [5.41, 5.74) is -0.540.